The average Bonchev–Trinajstić information content (AvgIpc) is 2.58. The quantitative estimate of drug-likeness (QED) is 0.405. The molecule has 2 aromatic rings. The Morgan fingerprint density at radius 1 is 1.00 bits per heavy atom. The van der Waals surface area contributed by atoms with E-state index >= 15 is 0 Å². The minimum atomic E-state index is -0.401. The van der Waals surface area contributed by atoms with Gasteiger partial charge >= 0.3 is 0 Å². The Labute approximate surface area is 163 Å². The molecular formula is C18H22F2IN3O. The van der Waals surface area contributed by atoms with Gasteiger partial charge in [-0.3, -0.25) is 4.99 Å². The van der Waals surface area contributed by atoms with Gasteiger partial charge < -0.3 is 15.4 Å². The normalized spacial score (nSPS) is 10.8. The van der Waals surface area contributed by atoms with Crippen molar-refractivity contribution in [2.45, 2.75) is 20.0 Å². The minimum Gasteiger partial charge on any atom is -0.494 e. The predicted molar refractivity (Wildman–Crippen MR) is 107 cm³/mol. The van der Waals surface area contributed by atoms with Crippen molar-refractivity contribution in [1.82, 2.24) is 10.6 Å². The number of aliphatic imine (C=N–C) groups is 1. The van der Waals surface area contributed by atoms with Crippen molar-refractivity contribution in [2.75, 3.05) is 14.2 Å². The third-order valence-electron chi connectivity index (χ3n) is 3.58. The van der Waals surface area contributed by atoms with Crippen LogP contribution in [0.15, 0.2) is 41.4 Å². The van der Waals surface area contributed by atoms with Crippen molar-refractivity contribution in [3.8, 4) is 5.75 Å². The molecule has 0 atom stereocenters. The third kappa shape index (κ3) is 6.15. The largest absolute Gasteiger partial charge is 0.494 e. The van der Waals surface area contributed by atoms with Crippen LogP contribution in [0.1, 0.15) is 16.7 Å². The fourth-order valence-corrected chi connectivity index (χ4v) is 2.23. The lowest BCUT2D eigenvalue weighted by atomic mass is 10.1. The molecule has 0 aliphatic heterocycles. The van der Waals surface area contributed by atoms with Gasteiger partial charge in [-0.25, -0.2) is 8.78 Å². The van der Waals surface area contributed by atoms with E-state index in [0.29, 0.717) is 24.6 Å². The molecule has 0 aliphatic rings. The van der Waals surface area contributed by atoms with E-state index < -0.39 is 5.82 Å². The van der Waals surface area contributed by atoms with Crippen molar-refractivity contribution < 1.29 is 13.5 Å². The standard InChI is InChI=1S/C18H21F2N3O.HI/c1-12-8-13(4-6-15(12)19)10-22-18(21-2)23-11-14-5-7-17(24-3)16(20)9-14;/h4-9H,10-11H2,1-3H3,(H2,21,22,23);1H. The van der Waals surface area contributed by atoms with Gasteiger partial charge in [0.1, 0.15) is 5.82 Å². The number of guanidine groups is 1. The number of hydrogen-bond donors (Lipinski definition) is 2. The van der Waals surface area contributed by atoms with Gasteiger partial charge in [0.2, 0.25) is 0 Å². The molecule has 7 heteroatoms. The van der Waals surface area contributed by atoms with Crippen LogP contribution < -0.4 is 15.4 Å². The Balaban J connectivity index is 0.00000312. The summed E-state index contributed by atoms with van der Waals surface area (Å²) in [5, 5.41) is 6.24. The zero-order valence-electron chi connectivity index (χ0n) is 14.4. The van der Waals surface area contributed by atoms with Gasteiger partial charge in [0.05, 0.1) is 7.11 Å². The van der Waals surface area contributed by atoms with Crippen LogP contribution >= 0.6 is 24.0 Å². The lowest BCUT2D eigenvalue weighted by Gasteiger charge is -2.13. The average molecular weight is 461 g/mol. The lowest BCUT2D eigenvalue weighted by molar-refractivity contribution is 0.386. The van der Waals surface area contributed by atoms with Crippen LogP contribution in [-0.2, 0) is 13.1 Å². The molecule has 0 saturated carbocycles. The van der Waals surface area contributed by atoms with E-state index in [1.54, 1.807) is 38.2 Å². The predicted octanol–water partition coefficient (Wildman–Crippen LogP) is 3.77. The highest BCUT2D eigenvalue weighted by Crippen LogP contribution is 2.17. The van der Waals surface area contributed by atoms with Crippen molar-refractivity contribution >= 4 is 29.9 Å². The van der Waals surface area contributed by atoms with Gasteiger partial charge in [0.15, 0.2) is 17.5 Å². The Morgan fingerprint density at radius 3 is 2.12 bits per heavy atom. The summed E-state index contributed by atoms with van der Waals surface area (Å²) in [5.41, 5.74) is 2.33. The van der Waals surface area contributed by atoms with Crippen LogP contribution in [0.5, 0.6) is 5.75 Å². The summed E-state index contributed by atoms with van der Waals surface area (Å²) < 4.78 is 31.8. The van der Waals surface area contributed by atoms with Crippen molar-refractivity contribution in [1.29, 1.82) is 0 Å². The second kappa shape index (κ2) is 10.2. The highest BCUT2D eigenvalue weighted by Gasteiger charge is 2.05. The summed E-state index contributed by atoms with van der Waals surface area (Å²) in [5.74, 6) is 0.172. The third-order valence-corrected chi connectivity index (χ3v) is 3.58. The van der Waals surface area contributed by atoms with E-state index in [9.17, 15) is 8.78 Å². The number of aryl methyl sites for hydroxylation is 1. The Morgan fingerprint density at radius 2 is 1.60 bits per heavy atom. The number of ether oxygens (including phenoxy) is 1. The number of hydrogen-bond acceptors (Lipinski definition) is 2. The van der Waals surface area contributed by atoms with Gasteiger partial charge in [0.25, 0.3) is 0 Å². The van der Waals surface area contributed by atoms with E-state index in [-0.39, 0.29) is 35.5 Å². The zero-order valence-corrected chi connectivity index (χ0v) is 16.7. The van der Waals surface area contributed by atoms with Gasteiger partial charge in [-0.2, -0.15) is 0 Å². The maximum Gasteiger partial charge on any atom is 0.191 e. The summed E-state index contributed by atoms with van der Waals surface area (Å²) in [7, 11) is 3.08. The number of nitrogens with zero attached hydrogens (tertiary/aromatic N) is 1. The molecule has 0 spiro atoms. The van der Waals surface area contributed by atoms with Gasteiger partial charge in [-0.05, 0) is 41.8 Å². The summed E-state index contributed by atoms with van der Waals surface area (Å²) in [6, 6.07) is 9.75. The van der Waals surface area contributed by atoms with E-state index in [1.807, 2.05) is 0 Å². The molecule has 0 unspecified atom stereocenters. The number of halogens is 3. The Kier molecular flexibility index (Phi) is 8.60. The Hall–Kier alpha value is -1.90. The number of benzene rings is 2. The first kappa shape index (κ1) is 21.1. The highest BCUT2D eigenvalue weighted by atomic mass is 127. The Bertz CT molecular complexity index is 738. The topological polar surface area (TPSA) is 45.7 Å². The molecule has 2 N–H and O–H groups in total. The summed E-state index contributed by atoms with van der Waals surface area (Å²) in [6.07, 6.45) is 0. The molecule has 0 fully saturated rings. The van der Waals surface area contributed by atoms with Crippen molar-refractivity contribution in [3.63, 3.8) is 0 Å². The molecule has 0 aliphatic carbocycles. The lowest BCUT2D eigenvalue weighted by Crippen LogP contribution is -2.36. The maximum atomic E-state index is 13.7. The van der Waals surface area contributed by atoms with Crippen LogP contribution in [0.25, 0.3) is 0 Å². The molecule has 0 heterocycles. The molecule has 2 aromatic carbocycles. The smallest absolute Gasteiger partial charge is 0.191 e. The fraction of sp³-hybridized carbons (Fsp3) is 0.278. The van der Waals surface area contributed by atoms with E-state index in [1.165, 1.54) is 19.2 Å². The number of methoxy groups -OCH3 is 1. The molecule has 4 nitrogen and oxygen atoms in total. The summed E-state index contributed by atoms with van der Waals surface area (Å²) in [4.78, 5) is 4.12. The highest BCUT2D eigenvalue weighted by molar-refractivity contribution is 14.0. The molecular weight excluding hydrogens is 439 g/mol. The molecule has 2 rings (SSSR count). The van der Waals surface area contributed by atoms with Crippen LogP contribution in [0.2, 0.25) is 0 Å². The molecule has 0 aromatic heterocycles. The molecule has 25 heavy (non-hydrogen) atoms. The molecule has 136 valence electrons. The zero-order chi connectivity index (χ0) is 17.5. The molecule has 0 saturated heterocycles. The van der Waals surface area contributed by atoms with Crippen molar-refractivity contribution in [3.05, 3.63) is 64.7 Å². The first-order valence-corrected chi connectivity index (χ1v) is 7.55. The van der Waals surface area contributed by atoms with E-state index in [0.717, 1.165) is 11.1 Å². The van der Waals surface area contributed by atoms with E-state index in [2.05, 4.69) is 15.6 Å². The summed E-state index contributed by atoms with van der Waals surface area (Å²) in [6.45, 7) is 2.66. The van der Waals surface area contributed by atoms with Gasteiger partial charge in [-0.15, -0.1) is 24.0 Å². The summed E-state index contributed by atoms with van der Waals surface area (Å²) >= 11 is 0. The first-order chi connectivity index (χ1) is 11.5. The molecule has 0 bridgehead atoms. The molecule has 0 amide bonds. The second-order valence-electron chi connectivity index (χ2n) is 5.33. The maximum absolute atomic E-state index is 13.7. The van der Waals surface area contributed by atoms with Crippen LogP contribution in [0.3, 0.4) is 0 Å². The first-order valence-electron chi connectivity index (χ1n) is 7.55. The second-order valence-corrected chi connectivity index (χ2v) is 5.33. The van der Waals surface area contributed by atoms with Crippen LogP contribution in [-0.4, -0.2) is 20.1 Å². The van der Waals surface area contributed by atoms with Crippen LogP contribution in [0.4, 0.5) is 8.78 Å². The van der Waals surface area contributed by atoms with Crippen LogP contribution in [0, 0.1) is 18.6 Å². The monoisotopic (exact) mass is 461 g/mol. The molecule has 0 radical (unpaired) electrons. The van der Waals surface area contributed by atoms with E-state index in [4.69, 9.17) is 4.74 Å². The van der Waals surface area contributed by atoms with Gasteiger partial charge in [-0.1, -0.05) is 18.2 Å². The van der Waals surface area contributed by atoms with Crippen molar-refractivity contribution in [2.24, 2.45) is 4.99 Å². The minimum absolute atomic E-state index is 0. The fourth-order valence-electron chi connectivity index (χ4n) is 2.23. The van der Waals surface area contributed by atoms with Gasteiger partial charge in [0, 0.05) is 20.1 Å². The SMILES string of the molecule is CN=C(NCc1ccc(F)c(C)c1)NCc1ccc(OC)c(F)c1.I. The number of rotatable bonds is 5. The number of nitrogens with one attached hydrogen (secondary N) is 2.